The van der Waals surface area contributed by atoms with Gasteiger partial charge in [0.2, 0.25) is 0 Å². The Hall–Kier alpha value is -2.60. The Morgan fingerprint density at radius 2 is 1.79 bits per heavy atom. The van der Waals surface area contributed by atoms with E-state index in [0.717, 1.165) is 25.7 Å². The van der Waals surface area contributed by atoms with Gasteiger partial charge in [0.25, 0.3) is 0 Å². The number of allylic oxidation sites excluding steroid dienone is 11. The van der Waals surface area contributed by atoms with Crippen LogP contribution in [0, 0.1) is 11.8 Å². The van der Waals surface area contributed by atoms with Crippen molar-refractivity contribution in [3.63, 3.8) is 0 Å². The molecule has 0 nitrogen and oxygen atoms in total. The minimum atomic E-state index is 0.374. The molecule has 0 aliphatic heterocycles. The van der Waals surface area contributed by atoms with E-state index in [2.05, 4.69) is 95.5 Å². The van der Waals surface area contributed by atoms with Crippen molar-refractivity contribution >= 4 is 6.08 Å². The van der Waals surface area contributed by atoms with Gasteiger partial charge in [-0.1, -0.05) is 112 Å². The predicted molar refractivity (Wildman–Crippen MR) is 145 cm³/mol. The summed E-state index contributed by atoms with van der Waals surface area (Å²) < 4.78 is 0. The zero-order valence-electron chi connectivity index (χ0n) is 21.1. The maximum atomic E-state index is 4.67. The topological polar surface area (TPSA) is 0 Å². The van der Waals surface area contributed by atoms with Gasteiger partial charge in [-0.25, -0.2) is 0 Å². The van der Waals surface area contributed by atoms with Gasteiger partial charge in [-0.05, 0) is 78.4 Å². The first-order valence-electron chi connectivity index (χ1n) is 12.9. The maximum Gasteiger partial charge on any atom is 0.0166 e. The molecule has 1 fully saturated rings. The van der Waals surface area contributed by atoms with Gasteiger partial charge in [0.15, 0.2) is 0 Å². The van der Waals surface area contributed by atoms with E-state index in [1.807, 2.05) is 0 Å². The fraction of sp³-hybridized carbons (Fsp3) is 0.394. The van der Waals surface area contributed by atoms with E-state index in [4.69, 9.17) is 0 Å². The molecule has 1 aromatic rings. The van der Waals surface area contributed by atoms with Gasteiger partial charge in [0.1, 0.15) is 0 Å². The Bertz CT molecular complexity index is 1070. The van der Waals surface area contributed by atoms with Gasteiger partial charge >= 0.3 is 0 Å². The van der Waals surface area contributed by atoms with Gasteiger partial charge in [0.05, 0.1) is 0 Å². The number of hydrogen-bond acceptors (Lipinski definition) is 0. The molecule has 0 N–H and O–H groups in total. The zero-order valence-corrected chi connectivity index (χ0v) is 21.1. The summed E-state index contributed by atoms with van der Waals surface area (Å²) in [6.45, 7) is 18.3. The van der Waals surface area contributed by atoms with E-state index in [1.165, 1.54) is 63.0 Å². The van der Waals surface area contributed by atoms with Gasteiger partial charge in [-0.3, -0.25) is 0 Å². The molecule has 33 heavy (non-hydrogen) atoms. The summed E-state index contributed by atoms with van der Waals surface area (Å²) in [6, 6.07) is 9.24. The van der Waals surface area contributed by atoms with E-state index >= 15 is 0 Å². The largest absolute Gasteiger partial charge is 0.0955 e. The predicted octanol–water partition coefficient (Wildman–Crippen LogP) is 9.66. The van der Waals surface area contributed by atoms with Crippen LogP contribution in [0.2, 0.25) is 0 Å². The summed E-state index contributed by atoms with van der Waals surface area (Å²) >= 11 is 0. The van der Waals surface area contributed by atoms with Crippen molar-refractivity contribution in [1.29, 1.82) is 0 Å². The first-order valence-corrected chi connectivity index (χ1v) is 12.9. The lowest BCUT2D eigenvalue weighted by Crippen LogP contribution is -2.24. The van der Waals surface area contributed by atoms with Gasteiger partial charge in [-0.2, -0.15) is 0 Å². The Morgan fingerprint density at radius 3 is 2.39 bits per heavy atom. The zero-order chi connectivity index (χ0) is 23.5. The highest BCUT2D eigenvalue weighted by molar-refractivity contribution is 5.67. The monoisotopic (exact) mass is 436 g/mol. The van der Waals surface area contributed by atoms with E-state index in [-0.39, 0.29) is 0 Å². The number of rotatable bonds is 8. The van der Waals surface area contributed by atoms with Crippen molar-refractivity contribution in [2.45, 2.75) is 72.1 Å². The average Bonchev–Trinajstić information content (AvgIpc) is 3.44. The molecule has 1 saturated carbocycles. The minimum absolute atomic E-state index is 0.374. The standard InChI is InChI=1S/C33H40/c1-7-12-22(4)31-23(5)19-30-21-29(24(6)32(30)33(31)28-13-10-11-14-28)20-25-15-17-27(18-16-25)26(8-2)9-3/h10-11,13,15-20,26,32-33H,4,6-9,12,14,21H2,1-3,5H3/b29-20-. The summed E-state index contributed by atoms with van der Waals surface area (Å²) in [5.41, 5.74) is 12.7. The lowest BCUT2D eigenvalue weighted by molar-refractivity contribution is 0.555. The molecule has 2 unspecified atom stereocenters. The average molecular weight is 437 g/mol. The van der Waals surface area contributed by atoms with Crippen molar-refractivity contribution in [2.75, 3.05) is 0 Å². The lowest BCUT2D eigenvalue weighted by Gasteiger charge is -2.35. The summed E-state index contributed by atoms with van der Waals surface area (Å²) in [4.78, 5) is 0. The van der Waals surface area contributed by atoms with Crippen LogP contribution in [0.5, 0.6) is 0 Å². The van der Waals surface area contributed by atoms with Crippen LogP contribution >= 0.6 is 0 Å². The molecule has 0 radical (unpaired) electrons. The summed E-state index contributed by atoms with van der Waals surface area (Å²) in [6.07, 6.45) is 18.4. The second kappa shape index (κ2) is 10.1. The third-order valence-electron chi connectivity index (χ3n) is 7.92. The Kier molecular flexibility index (Phi) is 7.23. The van der Waals surface area contributed by atoms with Crippen LogP contribution in [0.3, 0.4) is 0 Å². The van der Waals surface area contributed by atoms with Crippen LogP contribution in [0.4, 0.5) is 0 Å². The van der Waals surface area contributed by atoms with Crippen LogP contribution in [0.1, 0.15) is 83.3 Å². The third-order valence-corrected chi connectivity index (χ3v) is 7.92. The fourth-order valence-electron chi connectivity index (χ4n) is 6.19. The molecule has 0 aromatic heterocycles. The highest BCUT2D eigenvalue weighted by Gasteiger charge is 2.41. The van der Waals surface area contributed by atoms with Crippen molar-refractivity contribution in [1.82, 2.24) is 0 Å². The molecule has 0 heteroatoms. The second-order valence-corrected chi connectivity index (χ2v) is 10.1. The summed E-state index contributed by atoms with van der Waals surface area (Å²) in [5.74, 6) is 1.42. The van der Waals surface area contributed by atoms with E-state index in [0.29, 0.717) is 17.8 Å². The fourth-order valence-corrected chi connectivity index (χ4v) is 6.19. The van der Waals surface area contributed by atoms with Gasteiger partial charge in [0, 0.05) is 11.8 Å². The number of benzene rings is 1. The van der Waals surface area contributed by atoms with E-state index in [9.17, 15) is 0 Å². The number of fused-ring (bicyclic) bond motifs is 1. The Morgan fingerprint density at radius 1 is 1.06 bits per heavy atom. The van der Waals surface area contributed by atoms with Crippen LogP contribution in [0.25, 0.3) is 6.08 Å². The van der Waals surface area contributed by atoms with Gasteiger partial charge < -0.3 is 0 Å². The first-order chi connectivity index (χ1) is 16.0. The van der Waals surface area contributed by atoms with Crippen LogP contribution in [-0.2, 0) is 0 Å². The normalized spacial score (nSPS) is 23.4. The molecule has 172 valence electrons. The molecule has 0 spiro atoms. The summed E-state index contributed by atoms with van der Waals surface area (Å²) in [5, 5.41) is 0. The van der Waals surface area contributed by atoms with Crippen molar-refractivity contribution in [2.24, 2.45) is 11.8 Å². The molecule has 0 saturated heterocycles. The highest BCUT2D eigenvalue weighted by atomic mass is 14.4. The highest BCUT2D eigenvalue weighted by Crippen LogP contribution is 2.54. The van der Waals surface area contributed by atoms with Crippen molar-refractivity contribution in [3.05, 3.63) is 112 Å². The van der Waals surface area contributed by atoms with E-state index in [1.54, 1.807) is 0 Å². The first kappa shape index (κ1) is 23.6. The lowest BCUT2D eigenvalue weighted by atomic mass is 9.68. The molecule has 2 atom stereocenters. The minimum Gasteiger partial charge on any atom is -0.0955 e. The number of hydrogen-bond donors (Lipinski definition) is 0. The summed E-state index contributed by atoms with van der Waals surface area (Å²) in [7, 11) is 0. The Labute approximate surface area is 201 Å². The second-order valence-electron chi connectivity index (χ2n) is 10.1. The molecular weight excluding hydrogens is 396 g/mol. The third kappa shape index (κ3) is 4.58. The quantitative estimate of drug-likeness (QED) is 0.380. The van der Waals surface area contributed by atoms with Crippen LogP contribution in [0.15, 0.2) is 101 Å². The Balaban J connectivity index is 1.66. The molecule has 3 aliphatic rings. The molecule has 1 aromatic carbocycles. The smallest absolute Gasteiger partial charge is 0.0166 e. The van der Waals surface area contributed by atoms with Crippen molar-refractivity contribution in [3.8, 4) is 0 Å². The van der Waals surface area contributed by atoms with Crippen molar-refractivity contribution < 1.29 is 0 Å². The van der Waals surface area contributed by atoms with Crippen LogP contribution < -0.4 is 0 Å². The van der Waals surface area contributed by atoms with E-state index < -0.39 is 0 Å². The molecule has 0 bridgehead atoms. The molecule has 4 rings (SSSR count). The SMILES string of the molecule is C=C(CCC)C1=C(C)C=C2C/C(=C/c3ccc(C(CC)CC)cc3)C(=C)C2C1C1=CC=CC1. The molecular formula is C33H40. The maximum absolute atomic E-state index is 4.67. The van der Waals surface area contributed by atoms with Crippen LogP contribution in [-0.4, -0.2) is 0 Å². The molecule has 3 aliphatic carbocycles. The molecule has 0 amide bonds. The van der Waals surface area contributed by atoms with Gasteiger partial charge in [-0.15, -0.1) is 0 Å². The molecule has 0 heterocycles.